The zero-order valence-electron chi connectivity index (χ0n) is 9.94. The molecule has 2 aromatic rings. The summed E-state index contributed by atoms with van der Waals surface area (Å²) < 4.78 is 1.78. The normalized spacial score (nSPS) is 22.1. The molecular formula is C12H15N5S. The van der Waals surface area contributed by atoms with E-state index in [1.54, 1.807) is 16.4 Å². The maximum Gasteiger partial charge on any atom is 0.209 e. The lowest BCUT2D eigenvalue weighted by molar-refractivity contribution is 0.557. The molecule has 0 aliphatic heterocycles. The number of nitrogens with zero attached hydrogens (tertiary/aromatic N) is 4. The van der Waals surface area contributed by atoms with Gasteiger partial charge in [-0.15, -0.1) is 5.10 Å². The second-order valence-corrected chi connectivity index (χ2v) is 5.59. The van der Waals surface area contributed by atoms with E-state index in [0.29, 0.717) is 24.3 Å². The first-order valence-electron chi connectivity index (χ1n) is 6.06. The molecule has 3 rings (SSSR count). The summed E-state index contributed by atoms with van der Waals surface area (Å²) in [6.07, 6.45) is 1.20. The lowest BCUT2D eigenvalue weighted by Crippen LogP contribution is -2.12. The van der Waals surface area contributed by atoms with Gasteiger partial charge in [-0.2, -0.15) is 0 Å². The van der Waals surface area contributed by atoms with Gasteiger partial charge in [-0.1, -0.05) is 42.1 Å². The Morgan fingerprint density at radius 3 is 2.94 bits per heavy atom. The van der Waals surface area contributed by atoms with E-state index in [4.69, 9.17) is 5.73 Å². The van der Waals surface area contributed by atoms with Gasteiger partial charge in [0.15, 0.2) is 0 Å². The summed E-state index contributed by atoms with van der Waals surface area (Å²) in [4.78, 5) is 0. The molecular weight excluding hydrogens is 246 g/mol. The van der Waals surface area contributed by atoms with Gasteiger partial charge in [-0.05, 0) is 28.3 Å². The highest BCUT2D eigenvalue weighted by Crippen LogP contribution is 2.50. The summed E-state index contributed by atoms with van der Waals surface area (Å²) in [7, 11) is 0. The van der Waals surface area contributed by atoms with Gasteiger partial charge in [-0.3, -0.25) is 0 Å². The molecule has 94 valence electrons. The van der Waals surface area contributed by atoms with Crippen LogP contribution < -0.4 is 5.73 Å². The first kappa shape index (κ1) is 11.7. The molecule has 1 heterocycles. The van der Waals surface area contributed by atoms with Crippen molar-refractivity contribution in [2.45, 2.75) is 29.3 Å². The van der Waals surface area contributed by atoms with Gasteiger partial charge in [0.2, 0.25) is 5.16 Å². The van der Waals surface area contributed by atoms with E-state index in [1.165, 1.54) is 12.0 Å². The summed E-state index contributed by atoms with van der Waals surface area (Å²) >= 11 is 1.76. The third-order valence-electron chi connectivity index (χ3n) is 3.06. The minimum Gasteiger partial charge on any atom is -0.329 e. The highest BCUT2D eigenvalue weighted by molar-refractivity contribution is 8.00. The fourth-order valence-electron chi connectivity index (χ4n) is 2.03. The fraction of sp³-hybridized carbons (Fsp3) is 0.417. The number of rotatable bonds is 5. The van der Waals surface area contributed by atoms with Crippen LogP contribution in [0.25, 0.3) is 0 Å². The average Bonchev–Trinajstić information content (AvgIpc) is 3.04. The summed E-state index contributed by atoms with van der Waals surface area (Å²) in [6.45, 7) is 1.24. The molecule has 2 N–H and O–H groups in total. The molecule has 5 nitrogen and oxygen atoms in total. The monoisotopic (exact) mass is 261 g/mol. The van der Waals surface area contributed by atoms with Gasteiger partial charge in [-0.25, -0.2) is 4.68 Å². The molecule has 0 spiro atoms. The van der Waals surface area contributed by atoms with Crippen LogP contribution in [0.3, 0.4) is 0 Å². The SMILES string of the molecule is NCCn1nnnc1SC1CC1c1ccccc1. The largest absolute Gasteiger partial charge is 0.329 e. The number of thioether (sulfide) groups is 1. The zero-order valence-corrected chi connectivity index (χ0v) is 10.8. The van der Waals surface area contributed by atoms with Crippen molar-refractivity contribution in [3.05, 3.63) is 35.9 Å². The predicted molar refractivity (Wildman–Crippen MR) is 70.3 cm³/mol. The Hall–Kier alpha value is -1.40. The quantitative estimate of drug-likeness (QED) is 0.878. The molecule has 1 saturated carbocycles. The maximum atomic E-state index is 5.53. The average molecular weight is 261 g/mol. The molecule has 1 aromatic heterocycles. The van der Waals surface area contributed by atoms with Crippen LogP contribution >= 0.6 is 11.8 Å². The summed E-state index contributed by atoms with van der Waals surface area (Å²) in [5.41, 5.74) is 6.94. The summed E-state index contributed by atoms with van der Waals surface area (Å²) in [5, 5.41) is 13.2. The van der Waals surface area contributed by atoms with E-state index in [9.17, 15) is 0 Å². The number of aromatic nitrogens is 4. The van der Waals surface area contributed by atoms with Gasteiger partial charge >= 0.3 is 0 Å². The number of benzene rings is 1. The maximum absolute atomic E-state index is 5.53. The number of hydrogen-bond donors (Lipinski definition) is 1. The Morgan fingerprint density at radius 2 is 2.17 bits per heavy atom. The summed E-state index contributed by atoms with van der Waals surface area (Å²) in [5.74, 6) is 0.638. The smallest absolute Gasteiger partial charge is 0.209 e. The molecule has 1 aromatic carbocycles. The zero-order chi connectivity index (χ0) is 12.4. The third-order valence-corrected chi connectivity index (χ3v) is 4.38. The Balaban J connectivity index is 1.64. The van der Waals surface area contributed by atoms with E-state index in [0.717, 1.165) is 5.16 Å². The Kier molecular flexibility index (Phi) is 3.29. The van der Waals surface area contributed by atoms with E-state index in [1.807, 2.05) is 0 Å². The molecule has 0 saturated heterocycles. The number of hydrogen-bond acceptors (Lipinski definition) is 5. The van der Waals surface area contributed by atoms with E-state index >= 15 is 0 Å². The van der Waals surface area contributed by atoms with Gasteiger partial charge in [0.1, 0.15) is 0 Å². The molecule has 0 radical (unpaired) electrons. The Labute approximate surface area is 110 Å². The van der Waals surface area contributed by atoms with Gasteiger partial charge in [0.25, 0.3) is 0 Å². The standard InChI is InChI=1S/C12H15N5S/c13-6-7-17-12(14-15-16-17)18-11-8-10(11)9-4-2-1-3-5-9/h1-5,10-11H,6-8,13H2. The molecule has 1 aliphatic rings. The lowest BCUT2D eigenvalue weighted by atomic mass is 10.1. The minimum absolute atomic E-state index is 0.561. The van der Waals surface area contributed by atoms with Crippen molar-refractivity contribution in [3.63, 3.8) is 0 Å². The predicted octanol–water partition coefficient (Wildman–Crippen LogP) is 1.28. The second kappa shape index (κ2) is 5.07. The molecule has 1 fully saturated rings. The molecule has 1 aliphatic carbocycles. The van der Waals surface area contributed by atoms with Crippen LogP contribution in [0.5, 0.6) is 0 Å². The first-order chi connectivity index (χ1) is 8.88. The highest BCUT2D eigenvalue weighted by atomic mass is 32.2. The summed E-state index contributed by atoms with van der Waals surface area (Å²) in [6, 6.07) is 10.6. The van der Waals surface area contributed by atoms with Crippen molar-refractivity contribution in [2.75, 3.05) is 6.54 Å². The topological polar surface area (TPSA) is 69.6 Å². The fourth-order valence-corrected chi connectivity index (χ4v) is 3.26. The minimum atomic E-state index is 0.561. The van der Waals surface area contributed by atoms with Crippen molar-refractivity contribution in [3.8, 4) is 0 Å². The van der Waals surface area contributed by atoms with E-state index < -0.39 is 0 Å². The molecule has 18 heavy (non-hydrogen) atoms. The second-order valence-electron chi connectivity index (χ2n) is 4.38. The van der Waals surface area contributed by atoms with Crippen LogP contribution in [0.4, 0.5) is 0 Å². The molecule has 6 heteroatoms. The van der Waals surface area contributed by atoms with Crippen molar-refractivity contribution in [2.24, 2.45) is 5.73 Å². The molecule has 0 amide bonds. The first-order valence-corrected chi connectivity index (χ1v) is 6.94. The van der Waals surface area contributed by atoms with Crippen LogP contribution in [-0.2, 0) is 6.54 Å². The van der Waals surface area contributed by atoms with Crippen LogP contribution in [-0.4, -0.2) is 32.0 Å². The molecule has 2 atom stereocenters. The van der Waals surface area contributed by atoms with Crippen LogP contribution in [0.1, 0.15) is 17.9 Å². The third kappa shape index (κ3) is 2.39. The van der Waals surface area contributed by atoms with E-state index in [2.05, 4.69) is 45.9 Å². The van der Waals surface area contributed by atoms with Gasteiger partial charge < -0.3 is 5.73 Å². The van der Waals surface area contributed by atoms with Crippen molar-refractivity contribution < 1.29 is 0 Å². The van der Waals surface area contributed by atoms with Crippen LogP contribution in [0.2, 0.25) is 0 Å². The number of nitrogens with two attached hydrogens (primary N) is 1. The Bertz CT molecular complexity index is 512. The van der Waals surface area contributed by atoms with Gasteiger partial charge in [0, 0.05) is 11.8 Å². The van der Waals surface area contributed by atoms with Crippen molar-refractivity contribution in [1.29, 1.82) is 0 Å². The Morgan fingerprint density at radius 1 is 1.33 bits per heavy atom. The highest BCUT2D eigenvalue weighted by Gasteiger charge is 2.40. The lowest BCUT2D eigenvalue weighted by Gasteiger charge is -2.02. The van der Waals surface area contributed by atoms with Crippen molar-refractivity contribution in [1.82, 2.24) is 20.2 Å². The van der Waals surface area contributed by atoms with Crippen LogP contribution in [0, 0.1) is 0 Å². The van der Waals surface area contributed by atoms with E-state index in [-0.39, 0.29) is 0 Å². The van der Waals surface area contributed by atoms with Crippen molar-refractivity contribution >= 4 is 11.8 Å². The van der Waals surface area contributed by atoms with Gasteiger partial charge in [0.05, 0.1) is 6.54 Å². The number of tetrazole rings is 1. The van der Waals surface area contributed by atoms with Crippen LogP contribution in [0.15, 0.2) is 35.5 Å². The molecule has 2 unspecified atom stereocenters. The molecule has 0 bridgehead atoms.